The van der Waals surface area contributed by atoms with Crippen LogP contribution in [0.3, 0.4) is 0 Å². The lowest BCUT2D eigenvalue weighted by Gasteiger charge is -2.12. The summed E-state index contributed by atoms with van der Waals surface area (Å²) in [5, 5.41) is 4.66. The molecule has 2 heterocycles. The van der Waals surface area contributed by atoms with Gasteiger partial charge in [-0.05, 0) is 31.0 Å². The Bertz CT molecular complexity index is 479. The molecule has 0 aliphatic carbocycles. The molecule has 2 rings (SSSR count). The van der Waals surface area contributed by atoms with E-state index in [0.29, 0.717) is 12.6 Å². The molecule has 2 aromatic rings. The number of nitrogens with two attached hydrogens (primary N) is 1. The summed E-state index contributed by atoms with van der Waals surface area (Å²) in [6.07, 6.45) is 6.38. The maximum Gasteiger partial charge on any atom is 0.0821 e. The zero-order valence-corrected chi connectivity index (χ0v) is 11.2. The molecule has 0 aromatic carbocycles. The molecule has 0 atom stereocenters. The fourth-order valence-corrected chi connectivity index (χ4v) is 2.29. The Balaban J connectivity index is 2.11. The zero-order chi connectivity index (χ0) is 13.0. The van der Waals surface area contributed by atoms with Crippen LogP contribution in [0.5, 0.6) is 0 Å². The number of rotatable bonds is 6. The molecule has 0 amide bonds. The second-order valence-corrected chi connectivity index (χ2v) is 4.59. The van der Waals surface area contributed by atoms with Gasteiger partial charge >= 0.3 is 0 Å². The van der Waals surface area contributed by atoms with E-state index in [0.717, 1.165) is 30.8 Å². The van der Waals surface area contributed by atoms with Crippen molar-refractivity contribution in [1.29, 1.82) is 0 Å². The third-order valence-electron chi connectivity index (χ3n) is 3.45. The van der Waals surface area contributed by atoms with Crippen molar-refractivity contribution in [1.82, 2.24) is 14.3 Å². The van der Waals surface area contributed by atoms with Gasteiger partial charge < -0.3 is 10.3 Å². The standard InChI is InChI=1S/C14H22N4/c1-3-13(4-2)18-9-7-12(16-18)11-17-8-5-6-14(17)10-15/h5-9,13H,3-4,10-11,15H2,1-2H3. The van der Waals surface area contributed by atoms with Crippen molar-refractivity contribution < 1.29 is 0 Å². The Kier molecular flexibility index (Phi) is 4.20. The highest BCUT2D eigenvalue weighted by Crippen LogP contribution is 2.15. The molecule has 18 heavy (non-hydrogen) atoms. The van der Waals surface area contributed by atoms with Crippen LogP contribution in [-0.2, 0) is 13.1 Å². The molecule has 0 fully saturated rings. The minimum Gasteiger partial charge on any atom is -0.344 e. The molecule has 98 valence electrons. The van der Waals surface area contributed by atoms with Crippen molar-refractivity contribution in [2.45, 2.75) is 45.8 Å². The lowest BCUT2D eigenvalue weighted by molar-refractivity contribution is 0.424. The average molecular weight is 246 g/mol. The van der Waals surface area contributed by atoms with Crippen LogP contribution in [0.2, 0.25) is 0 Å². The Labute approximate surface area is 108 Å². The van der Waals surface area contributed by atoms with Gasteiger partial charge in [-0.1, -0.05) is 13.8 Å². The Morgan fingerprint density at radius 1 is 1.22 bits per heavy atom. The second-order valence-electron chi connectivity index (χ2n) is 4.59. The molecule has 4 heteroatoms. The van der Waals surface area contributed by atoms with Crippen molar-refractivity contribution >= 4 is 0 Å². The summed E-state index contributed by atoms with van der Waals surface area (Å²) in [7, 11) is 0. The lowest BCUT2D eigenvalue weighted by Crippen LogP contribution is -2.10. The predicted molar refractivity (Wildman–Crippen MR) is 73.3 cm³/mol. The average Bonchev–Trinajstić information content (AvgIpc) is 3.01. The molecule has 2 aromatic heterocycles. The van der Waals surface area contributed by atoms with E-state index in [1.54, 1.807) is 0 Å². The molecule has 0 bridgehead atoms. The summed E-state index contributed by atoms with van der Waals surface area (Å²) >= 11 is 0. The van der Waals surface area contributed by atoms with Crippen LogP contribution >= 0.6 is 0 Å². The highest BCUT2D eigenvalue weighted by atomic mass is 15.3. The maximum atomic E-state index is 5.70. The Morgan fingerprint density at radius 3 is 2.67 bits per heavy atom. The molecule has 0 saturated carbocycles. The van der Waals surface area contributed by atoms with Crippen LogP contribution in [0.4, 0.5) is 0 Å². The molecule has 0 radical (unpaired) electrons. The first-order valence-electron chi connectivity index (χ1n) is 6.66. The van der Waals surface area contributed by atoms with Gasteiger partial charge in [0.2, 0.25) is 0 Å². The summed E-state index contributed by atoms with van der Waals surface area (Å²) in [5.41, 5.74) is 7.93. The van der Waals surface area contributed by atoms with E-state index >= 15 is 0 Å². The Hall–Kier alpha value is -1.55. The fraction of sp³-hybridized carbons (Fsp3) is 0.500. The van der Waals surface area contributed by atoms with Crippen molar-refractivity contribution in [3.8, 4) is 0 Å². The molecule has 0 spiro atoms. The second kappa shape index (κ2) is 5.87. The first-order valence-corrected chi connectivity index (χ1v) is 6.66. The third-order valence-corrected chi connectivity index (χ3v) is 3.45. The van der Waals surface area contributed by atoms with E-state index in [2.05, 4.69) is 52.7 Å². The zero-order valence-electron chi connectivity index (χ0n) is 11.2. The Morgan fingerprint density at radius 2 is 2.00 bits per heavy atom. The van der Waals surface area contributed by atoms with E-state index in [1.807, 2.05) is 6.07 Å². The lowest BCUT2D eigenvalue weighted by atomic mass is 10.2. The van der Waals surface area contributed by atoms with Crippen LogP contribution in [-0.4, -0.2) is 14.3 Å². The largest absolute Gasteiger partial charge is 0.344 e. The van der Waals surface area contributed by atoms with Gasteiger partial charge in [-0.15, -0.1) is 0 Å². The van der Waals surface area contributed by atoms with Crippen molar-refractivity contribution in [3.05, 3.63) is 42.0 Å². The third kappa shape index (κ3) is 2.64. The molecule has 0 aliphatic heterocycles. The van der Waals surface area contributed by atoms with E-state index in [1.165, 1.54) is 0 Å². The van der Waals surface area contributed by atoms with Gasteiger partial charge in [0.25, 0.3) is 0 Å². The molecular weight excluding hydrogens is 224 g/mol. The summed E-state index contributed by atoms with van der Waals surface area (Å²) in [4.78, 5) is 0. The molecule has 0 unspecified atom stereocenters. The van der Waals surface area contributed by atoms with Crippen LogP contribution in [0.1, 0.15) is 44.1 Å². The molecule has 4 nitrogen and oxygen atoms in total. The van der Waals surface area contributed by atoms with Crippen molar-refractivity contribution in [3.63, 3.8) is 0 Å². The molecule has 0 saturated heterocycles. The summed E-state index contributed by atoms with van der Waals surface area (Å²) in [6.45, 7) is 5.77. The molecule has 0 aliphatic rings. The van der Waals surface area contributed by atoms with E-state index in [9.17, 15) is 0 Å². The quantitative estimate of drug-likeness (QED) is 0.851. The first-order chi connectivity index (χ1) is 8.78. The molecular formula is C14H22N4. The number of hydrogen-bond acceptors (Lipinski definition) is 2. The van der Waals surface area contributed by atoms with E-state index in [-0.39, 0.29) is 0 Å². The highest BCUT2D eigenvalue weighted by molar-refractivity contribution is 5.10. The normalized spacial score (nSPS) is 11.3. The minimum atomic E-state index is 0.511. The number of hydrogen-bond donors (Lipinski definition) is 1. The molecule has 2 N–H and O–H groups in total. The fourth-order valence-electron chi connectivity index (χ4n) is 2.29. The van der Waals surface area contributed by atoms with Crippen LogP contribution < -0.4 is 5.73 Å². The van der Waals surface area contributed by atoms with Gasteiger partial charge in [-0.3, -0.25) is 4.68 Å². The minimum absolute atomic E-state index is 0.511. The van der Waals surface area contributed by atoms with Crippen molar-refractivity contribution in [2.24, 2.45) is 5.73 Å². The van der Waals surface area contributed by atoms with Gasteiger partial charge in [0.1, 0.15) is 0 Å². The van der Waals surface area contributed by atoms with Crippen LogP contribution in [0, 0.1) is 0 Å². The summed E-state index contributed by atoms with van der Waals surface area (Å²) in [5.74, 6) is 0. The number of aromatic nitrogens is 3. The summed E-state index contributed by atoms with van der Waals surface area (Å²) < 4.78 is 4.24. The van der Waals surface area contributed by atoms with Gasteiger partial charge in [0, 0.05) is 24.6 Å². The first kappa shape index (κ1) is 12.9. The van der Waals surface area contributed by atoms with Crippen LogP contribution in [0.25, 0.3) is 0 Å². The van der Waals surface area contributed by atoms with Gasteiger partial charge in [0.15, 0.2) is 0 Å². The maximum absolute atomic E-state index is 5.70. The van der Waals surface area contributed by atoms with Gasteiger partial charge in [0.05, 0.1) is 18.3 Å². The van der Waals surface area contributed by atoms with Crippen molar-refractivity contribution in [2.75, 3.05) is 0 Å². The topological polar surface area (TPSA) is 48.8 Å². The van der Waals surface area contributed by atoms with Gasteiger partial charge in [-0.2, -0.15) is 5.10 Å². The van der Waals surface area contributed by atoms with E-state index < -0.39 is 0 Å². The monoisotopic (exact) mass is 246 g/mol. The highest BCUT2D eigenvalue weighted by Gasteiger charge is 2.08. The SMILES string of the molecule is CCC(CC)n1ccc(Cn2cccc2CN)n1. The predicted octanol–water partition coefficient (Wildman–Crippen LogP) is 2.55. The number of nitrogens with zero attached hydrogens (tertiary/aromatic N) is 3. The van der Waals surface area contributed by atoms with E-state index in [4.69, 9.17) is 5.73 Å². The smallest absolute Gasteiger partial charge is 0.0821 e. The summed E-state index contributed by atoms with van der Waals surface area (Å²) in [6, 6.07) is 6.69. The van der Waals surface area contributed by atoms with Crippen LogP contribution in [0.15, 0.2) is 30.6 Å². The van der Waals surface area contributed by atoms with Gasteiger partial charge in [-0.25, -0.2) is 0 Å².